The van der Waals surface area contributed by atoms with E-state index in [1.807, 2.05) is 12.3 Å². The third kappa shape index (κ3) is 5.11. The van der Waals surface area contributed by atoms with E-state index < -0.39 is 0 Å². The van der Waals surface area contributed by atoms with Gasteiger partial charge in [0.2, 0.25) is 5.13 Å². The van der Waals surface area contributed by atoms with Crippen LogP contribution in [-0.2, 0) is 6.61 Å². The van der Waals surface area contributed by atoms with Crippen LogP contribution in [0.4, 0.5) is 5.13 Å². The van der Waals surface area contributed by atoms with Crippen LogP contribution < -0.4 is 10.1 Å². The number of rotatable bonds is 8. The highest BCUT2D eigenvalue weighted by molar-refractivity contribution is 7.15. The van der Waals surface area contributed by atoms with Crippen molar-refractivity contribution in [3.8, 4) is 5.75 Å². The van der Waals surface area contributed by atoms with Crippen LogP contribution in [0.1, 0.15) is 58.7 Å². The third-order valence-electron chi connectivity index (χ3n) is 4.17. The summed E-state index contributed by atoms with van der Waals surface area (Å²) in [5.74, 6) is 0.888. The Morgan fingerprint density at radius 3 is 2.56 bits per heavy atom. The average molecular weight is 403 g/mol. The zero-order chi connectivity index (χ0) is 19.2. The van der Waals surface area contributed by atoms with Crippen LogP contribution in [0, 0.1) is 6.92 Å². The van der Waals surface area contributed by atoms with Crippen molar-refractivity contribution in [3.63, 3.8) is 0 Å². The van der Waals surface area contributed by atoms with E-state index in [9.17, 15) is 4.79 Å². The van der Waals surface area contributed by atoms with Crippen molar-refractivity contribution in [1.29, 1.82) is 0 Å². The lowest BCUT2D eigenvalue weighted by molar-refractivity contribution is 0.102. The summed E-state index contributed by atoms with van der Waals surface area (Å²) in [6, 6.07) is 7.04. The van der Waals surface area contributed by atoms with Gasteiger partial charge in [0.1, 0.15) is 17.4 Å². The maximum Gasteiger partial charge on any atom is 0.257 e. The van der Waals surface area contributed by atoms with Crippen molar-refractivity contribution < 1.29 is 9.53 Å². The SMILES string of the molecule is CCC(CC)c1nnc(NC(=O)c2ccc(OCc3csc(C)n3)cc2)s1. The van der Waals surface area contributed by atoms with Crippen molar-refractivity contribution in [2.45, 2.75) is 46.1 Å². The lowest BCUT2D eigenvalue weighted by Gasteiger charge is -2.06. The number of nitrogens with zero attached hydrogens (tertiary/aromatic N) is 3. The lowest BCUT2D eigenvalue weighted by atomic mass is 10.1. The smallest absolute Gasteiger partial charge is 0.257 e. The van der Waals surface area contributed by atoms with Crippen molar-refractivity contribution >= 4 is 33.7 Å². The number of carbonyl (C=O) groups excluding carboxylic acids is 1. The predicted molar refractivity (Wildman–Crippen MR) is 109 cm³/mol. The number of aryl methyl sites for hydroxylation is 1. The Balaban J connectivity index is 1.57. The fourth-order valence-corrected chi connectivity index (χ4v) is 4.19. The molecule has 0 fully saturated rings. The fourth-order valence-electron chi connectivity index (χ4n) is 2.59. The topological polar surface area (TPSA) is 77.0 Å². The number of ether oxygens (including phenoxy) is 1. The van der Waals surface area contributed by atoms with E-state index in [2.05, 4.69) is 34.3 Å². The molecular formula is C19H22N4O2S2. The van der Waals surface area contributed by atoms with Crippen molar-refractivity contribution in [1.82, 2.24) is 15.2 Å². The molecule has 0 spiro atoms. The summed E-state index contributed by atoms with van der Waals surface area (Å²) in [4.78, 5) is 16.8. The lowest BCUT2D eigenvalue weighted by Crippen LogP contribution is -2.11. The van der Waals surface area contributed by atoms with E-state index in [-0.39, 0.29) is 5.91 Å². The molecule has 1 N–H and O–H groups in total. The van der Waals surface area contributed by atoms with Crippen molar-refractivity contribution in [2.75, 3.05) is 5.32 Å². The van der Waals surface area contributed by atoms with Crippen LogP contribution in [0.25, 0.3) is 0 Å². The van der Waals surface area contributed by atoms with Gasteiger partial charge in [-0.1, -0.05) is 25.2 Å². The second-order valence-electron chi connectivity index (χ2n) is 6.08. The molecule has 2 aromatic heterocycles. The number of carbonyl (C=O) groups is 1. The molecule has 0 radical (unpaired) electrons. The first-order valence-electron chi connectivity index (χ1n) is 8.87. The minimum Gasteiger partial charge on any atom is -0.487 e. The van der Waals surface area contributed by atoms with Crippen LogP contribution in [0.15, 0.2) is 29.6 Å². The fraction of sp³-hybridized carbons (Fsp3) is 0.368. The number of thiazole rings is 1. The Morgan fingerprint density at radius 1 is 1.19 bits per heavy atom. The number of amides is 1. The average Bonchev–Trinajstić information content (AvgIpc) is 3.30. The molecule has 0 aliphatic carbocycles. The largest absolute Gasteiger partial charge is 0.487 e. The van der Waals surface area contributed by atoms with E-state index in [4.69, 9.17) is 4.74 Å². The quantitative estimate of drug-likeness (QED) is 0.571. The molecular weight excluding hydrogens is 380 g/mol. The normalized spacial score (nSPS) is 11.0. The van der Waals surface area contributed by atoms with Gasteiger partial charge in [-0.15, -0.1) is 21.5 Å². The van der Waals surface area contributed by atoms with Gasteiger partial charge in [0, 0.05) is 16.9 Å². The molecule has 1 amide bonds. The van der Waals surface area contributed by atoms with Gasteiger partial charge in [-0.3, -0.25) is 10.1 Å². The monoisotopic (exact) mass is 402 g/mol. The van der Waals surface area contributed by atoms with Crippen LogP contribution in [0.2, 0.25) is 0 Å². The van der Waals surface area contributed by atoms with Crippen LogP contribution in [0.3, 0.4) is 0 Å². The van der Waals surface area contributed by atoms with E-state index in [0.29, 0.717) is 29.0 Å². The standard InChI is InChI=1S/C19H22N4O2S2/c1-4-13(5-2)18-22-23-19(27-18)21-17(24)14-6-8-16(9-7-14)25-10-15-11-26-12(3)20-15/h6-9,11,13H,4-5,10H2,1-3H3,(H,21,23,24). The van der Waals surface area contributed by atoms with E-state index in [1.54, 1.807) is 35.6 Å². The highest BCUT2D eigenvalue weighted by Crippen LogP contribution is 2.28. The summed E-state index contributed by atoms with van der Waals surface area (Å²) in [5, 5.41) is 15.6. The van der Waals surface area contributed by atoms with E-state index in [0.717, 1.165) is 28.6 Å². The summed E-state index contributed by atoms with van der Waals surface area (Å²) in [6.07, 6.45) is 2.03. The van der Waals surface area contributed by atoms with Gasteiger partial charge < -0.3 is 4.74 Å². The van der Waals surface area contributed by atoms with Crippen LogP contribution >= 0.6 is 22.7 Å². The molecule has 3 rings (SSSR count). The van der Waals surface area contributed by atoms with Crippen LogP contribution in [0.5, 0.6) is 5.75 Å². The number of anilines is 1. The highest BCUT2D eigenvalue weighted by atomic mass is 32.1. The molecule has 0 saturated heterocycles. The van der Waals surface area contributed by atoms with E-state index >= 15 is 0 Å². The first-order valence-corrected chi connectivity index (χ1v) is 10.6. The highest BCUT2D eigenvalue weighted by Gasteiger charge is 2.15. The molecule has 2 heterocycles. The van der Waals surface area contributed by atoms with Crippen molar-refractivity contribution in [3.05, 3.63) is 50.9 Å². The van der Waals surface area contributed by atoms with Crippen LogP contribution in [-0.4, -0.2) is 21.1 Å². The van der Waals surface area contributed by atoms with Gasteiger partial charge in [-0.2, -0.15) is 0 Å². The maximum absolute atomic E-state index is 12.4. The zero-order valence-corrected chi connectivity index (χ0v) is 17.2. The third-order valence-corrected chi connectivity index (χ3v) is 5.99. The Bertz CT molecular complexity index is 885. The first-order chi connectivity index (χ1) is 13.1. The first kappa shape index (κ1) is 19.4. The second-order valence-corrected chi connectivity index (χ2v) is 8.16. The summed E-state index contributed by atoms with van der Waals surface area (Å²) in [5.41, 5.74) is 1.45. The molecule has 8 heteroatoms. The van der Waals surface area contributed by atoms with Crippen molar-refractivity contribution in [2.24, 2.45) is 0 Å². The van der Waals surface area contributed by atoms with Gasteiger partial charge in [0.25, 0.3) is 5.91 Å². The number of benzene rings is 1. The molecule has 0 unspecified atom stereocenters. The predicted octanol–water partition coefficient (Wildman–Crippen LogP) is 5.04. The number of nitrogens with one attached hydrogen (secondary N) is 1. The Morgan fingerprint density at radius 2 is 1.93 bits per heavy atom. The van der Waals surface area contributed by atoms with Gasteiger partial charge in [0.15, 0.2) is 0 Å². The molecule has 6 nitrogen and oxygen atoms in total. The zero-order valence-electron chi connectivity index (χ0n) is 15.6. The Kier molecular flexibility index (Phi) is 6.52. The number of hydrogen-bond donors (Lipinski definition) is 1. The van der Waals surface area contributed by atoms with Gasteiger partial charge >= 0.3 is 0 Å². The molecule has 142 valence electrons. The minimum atomic E-state index is -0.205. The van der Waals surface area contributed by atoms with Gasteiger partial charge in [-0.05, 0) is 44.0 Å². The Hall–Kier alpha value is -2.32. The molecule has 0 aliphatic rings. The molecule has 1 aromatic carbocycles. The van der Waals surface area contributed by atoms with Gasteiger partial charge in [-0.25, -0.2) is 4.98 Å². The second kappa shape index (κ2) is 9.05. The minimum absolute atomic E-state index is 0.205. The molecule has 0 aliphatic heterocycles. The molecule has 0 saturated carbocycles. The summed E-state index contributed by atoms with van der Waals surface area (Å²) >= 11 is 3.04. The molecule has 27 heavy (non-hydrogen) atoms. The molecule has 0 bridgehead atoms. The maximum atomic E-state index is 12.4. The number of aromatic nitrogens is 3. The van der Waals surface area contributed by atoms with Gasteiger partial charge in [0.05, 0.1) is 10.7 Å². The summed E-state index contributed by atoms with van der Waals surface area (Å²) in [7, 11) is 0. The Labute approximate surface area is 166 Å². The molecule has 3 aromatic rings. The molecule has 0 atom stereocenters. The summed E-state index contributed by atoms with van der Waals surface area (Å²) in [6.45, 7) is 6.65. The number of hydrogen-bond acceptors (Lipinski definition) is 7. The summed E-state index contributed by atoms with van der Waals surface area (Å²) < 4.78 is 5.70. The van der Waals surface area contributed by atoms with E-state index in [1.165, 1.54) is 11.3 Å².